The summed E-state index contributed by atoms with van der Waals surface area (Å²) in [7, 11) is 0. The standard InChI is InChI=1S/C23H25N3O2/c1-14-5-10-18(24)12-19(14)16-11-20(22(28)25-13-16)26-21(27)15-6-8-17(9-7-15)23(2,3)4/h5-13H,24H2,1-4H3,(H,25,28)(H,26,27). The molecule has 0 aliphatic carbocycles. The molecule has 144 valence electrons. The second kappa shape index (κ2) is 7.35. The maximum absolute atomic E-state index is 12.6. The Bertz CT molecular complexity index is 1070. The van der Waals surface area contributed by atoms with Crippen molar-refractivity contribution in [3.8, 4) is 11.1 Å². The number of hydrogen-bond donors (Lipinski definition) is 3. The Balaban J connectivity index is 1.89. The SMILES string of the molecule is Cc1ccc(N)cc1-c1c[nH]c(=O)c(NC(=O)c2ccc(C(C)(C)C)cc2)c1. The number of aromatic amines is 1. The van der Waals surface area contributed by atoms with E-state index < -0.39 is 0 Å². The van der Waals surface area contributed by atoms with Crippen LogP contribution in [0.1, 0.15) is 42.3 Å². The molecule has 3 aromatic rings. The molecule has 28 heavy (non-hydrogen) atoms. The number of carbonyl (C=O) groups is 1. The molecule has 0 aliphatic heterocycles. The van der Waals surface area contributed by atoms with E-state index in [-0.39, 0.29) is 22.6 Å². The van der Waals surface area contributed by atoms with Gasteiger partial charge in [-0.3, -0.25) is 9.59 Å². The highest BCUT2D eigenvalue weighted by molar-refractivity contribution is 6.04. The van der Waals surface area contributed by atoms with Gasteiger partial charge in [-0.05, 0) is 59.4 Å². The van der Waals surface area contributed by atoms with Crippen LogP contribution in [-0.4, -0.2) is 10.9 Å². The van der Waals surface area contributed by atoms with Gasteiger partial charge in [0.15, 0.2) is 0 Å². The molecule has 0 bridgehead atoms. The van der Waals surface area contributed by atoms with Crippen molar-refractivity contribution in [2.24, 2.45) is 0 Å². The van der Waals surface area contributed by atoms with Crippen LogP contribution < -0.4 is 16.6 Å². The van der Waals surface area contributed by atoms with Crippen LogP contribution in [0.4, 0.5) is 11.4 Å². The zero-order valence-electron chi connectivity index (χ0n) is 16.6. The number of nitrogens with two attached hydrogens (primary N) is 1. The molecule has 5 nitrogen and oxygen atoms in total. The normalized spacial score (nSPS) is 11.3. The van der Waals surface area contributed by atoms with E-state index in [1.54, 1.807) is 24.4 Å². The molecule has 1 aromatic heterocycles. The smallest absolute Gasteiger partial charge is 0.271 e. The Labute approximate surface area is 164 Å². The van der Waals surface area contributed by atoms with Crippen LogP contribution in [0.5, 0.6) is 0 Å². The minimum absolute atomic E-state index is 0.00980. The largest absolute Gasteiger partial charge is 0.399 e. The molecule has 2 aromatic carbocycles. The number of aromatic nitrogens is 1. The summed E-state index contributed by atoms with van der Waals surface area (Å²) >= 11 is 0. The summed E-state index contributed by atoms with van der Waals surface area (Å²) in [4.78, 5) is 27.5. The molecule has 0 atom stereocenters. The van der Waals surface area contributed by atoms with Crippen molar-refractivity contribution in [1.29, 1.82) is 0 Å². The molecule has 0 radical (unpaired) electrons. The van der Waals surface area contributed by atoms with Gasteiger partial charge in [-0.25, -0.2) is 0 Å². The number of aryl methyl sites for hydroxylation is 1. The fourth-order valence-corrected chi connectivity index (χ4v) is 3.00. The number of anilines is 2. The van der Waals surface area contributed by atoms with Crippen molar-refractivity contribution in [2.75, 3.05) is 11.1 Å². The van der Waals surface area contributed by atoms with Crippen LogP contribution in [0.2, 0.25) is 0 Å². The van der Waals surface area contributed by atoms with Gasteiger partial charge in [0.25, 0.3) is 11.5 Å². The third-order valence-electron chi connectivity index (χ3n) is 4.74. The number of benzene rings is 2. The summed E-state index contributed by atoms with van der Waals surface area (Å²) < 4.78 is 0. The Kier molecular flexibility index (Phi) is 5.10. The molecule has 1 heterocycles. The molecule has 5 heteroatoms. The lowest BCUT2D eigenvalue weighted by Gasteiger charge is -2.19. The number of hydrogen-bond acceptors (Lipinski definition) is 3. The van der Waals surface area contributed by atoms with Crippen molar-refractivity contribution in [1.82, 2.24) is 4.98 Å². The zero-order chi connectivity index (χ0) is 20.5. The first-order valence-corrected chi connectivity index (χ1v) is 9.16. The van der Waals surface area contributed by atoms with E-state index in [2.05, 4.69) is 31.1 Å². The number of H-pyrrole nitrogens is 1. The fraction of sp³-hybridized carbons (Fsp3) is 0.217. The minimum Gasteiger partial charge on any atom is -0.399 e. The number of rotatable bonds is 3. The molecule has 0 saturated carbocycles. The lowest BCUT2D eigenvalue weighted by Crippen LogP contribution is -2.20. The molecule has 3 rings (SSSR count). The summed E-state index contributed by atoms with van der Waals surface area (Å²) in [5, 5.41) is 2.71. The first-order valence-electron chi connectivity index (χ1n) is 9.16. The van der Waals surface area contributed by atoms with Crippen molar-refractivity contribution >= 4 is 17.3 Å². The van der Waals surface area contributed by atoms with Gasteiger partial charge in [-0.1, -0.05) is 39.0 Å². The Morgan fingerprint density at radius 2 is 1.71 bits per heavy atom. The quantitative estimate of drug-likeness (QED) is 0.590. The van der Waals surface area contributed by atoms with Crippen molar-refractivity contribution < 1.29 is 4.79 Å². The molecule has 0 spiro atoms. The van der Waals surface area contributed by atoms with Crippen LogP contribution in [0.3, 0.4) is 0 Å². The molecule has 4 N–H and O–H groups in total. The first-order chi connectivity index (χ1) is 13.1. The van der Waals surface area contributed by atoms with E-state index in [0.717, 1.165) is 22.3 Å². The van der Waals surface area contributed by atoms with Crippen molar-refractivity contribution in [3.63, 3.8) is 0 Å². The third kappa shape index (κ3) is 4.14. The second-order valence-electron chi connectivity index (χ2n) is 7.99. The summed E-state index contributed by atoms with van der Waals surface area (Å²) in [5.41, 5.74) is 10.7. The third-order valence-corrected chi connectivity index (χ3v) is 4.74. The number of pyridine rings is 1. The van der Waals surface area contributed by atoms with E-state index in [4.69, 9.17) is 5.73 Å². The van der Waals surface area contributed by atoms with Gasteiger partial charge >= 0.3 is 0 Å². The number of nitrogens with one attached hydrogen (secondary N) is 2. The molecule has 1 amide bonds. The number of amides is 1. The monoisotopic (exact) mass is 375 g/mol. The minimum atomic E-state index is -0.357. The highest BCUT2D eigenvalue weighted by Crippen LogP contribution is 2.26. The van der Waals surface area contributed by atoms with Gasteiger partial charge in [0.05, 0.1) is 0 Å². The average Bonchev–Trinajstić information content (AvgIpc) is 2.65. The average molecular weight is 375 g/mol. The van der Waals surface area contributed by atoms with Crippen LogP contribution in [0.15, 0.2) is 59.5 Å². The Morgan fingerprint density at radius 3 is 2.36 bits per heavy atom. The molecule has 0 unspecified atom stereocenters. The van der Waals surface area contributed by atoms with Crippen molar-refractivity contribution in [3.05, 3.63) is 81.8 Å². The van der Waals surface area contributed by atoms with Gasteiger partial charge in [-0.2, -0.15) is 0 Å². The predicted octanol–water partition coefficient (Wildman–Crippen LogP) is 4.48. The van der Waals surface area contributed by atoms with Crippen LogP contribution in [-0.2, 0) is 5.41 Å². The number of nitrogen functional groups attached to an aromatic ring is 1. The van der Waals surface area contributed by atoms with Gasteiger partial charge in [-0.15, -0.1) is 0 Å². The lowest BCUT2D eigenvalue weighted by molar-refractivity contribution is 0.102. The van der Waals surface area contributed by atoms with E-state index >= 15 is 0 Å². The van der Waals surface area contributed by atoms with E-state index in [9.17, 15) is 9.59 Å². The Morgan fingerprint density at radius 1 is 1.04 bits per heavy atom. The maximum Gasteiger partial charge on any atom is 0.271 e. The first kappa shape index (κ1) is 19.4. The van der Waals surface area contributed by atoms with Gasteiger partial charge in [0.1, 0.15) is 5.69 Å². The highest BCUT2D eigenvalue weighted by Gasteiger charge is 2.15. The van der Waals surface area contributed by atoms with Gasteiger partial charge in [0.2, 0.25) is 0 Å². The topological polar surface area (TPSA) is 88.0 Å². The lowest BCUT2D eigenvalue weighted by atomic mass is 9.87. The predicted molar refractivity (Wildman–Crippen MR) is 115 cm³/mol. The summed E-state index contributed by atoms with van der Waals surface area (Å²) in [6, 6.07) is 14.7. The fourth-order valence-electron chi connectivity index (χ4n) is 3.00. The summed E-state index contributed by atoms with van der Waals surface area (Å²) in [6.45, 7) is 8.32. The van der Waals surface area contributed by atoms with Gasteiger partial charge < -0.3 is 16.0 Å². The van der Waals surface area contributed by atoms with Crippen molar-refractivity contribution in [2.45, 2.75) is 33.1 Å². The summed E-state index contributed by atoms with van der Waals surface area (Å²) in [6.07, 6.45) is 1.62. The van der Waals surface area contributed by atoms with E-state index in [1.807, 2.05) is 37.3 Å². The highest BCUT2D eigenvalue weighted by atomic mass is 16.2. The Hall–Kier alpha value is -3.34. The molecule has 0 aliphatic rings. The second-order valence-corrected chi connectivity index (χ2v) is 7.99. The molecule has 0 saturated heterocycles. The zero-order valence-corrected chi connectivity index (χ0v) is 16.6. The van der Waals surface area contributed by atoms with Crippen LogP contribution in [0.25, 0.3) is 11.1 Å². The molecule has 0 fully saturated rings. The van der Waals surface area contributed by atoms with E-state index in [0.29, 0.717) is 11.3 Å². The van der Waals surface area contributed by atoms with Crippen LogP contribution in [0, 0.1) is 6.92 Å². The maximum atomic E-state index is 12.6. The van der Waals surface area contributed by atoms with Crippen LogP contribution >= 0.6 is 0 Å². The van der Waals surface area contributed by atoms with Gasteiger partial charge in [0, 0.05) is 23.0 Å². The molecular weight excluding hydrogens is 350 g/mol. The number of carbonyl (C=O) groups excluding carboxylic acids is 1. The molecular formula is C23H25N3O2. The van der Waals surface area contributed by atoms with E-state index in [1.165, 1.54) is 0 Å². The summed E-state index contributed by atoms with van der Waals surface area (Å²) in [5.74, 6) is -0.326.